The first-order valence-electron chi connectivity index (χ1n) is 14.2. The first-order valence-corrected chi connectivity index (χ1v) is 14.2. The van der Waals surface area contributed by atoms with Crippen LogP contribution in [0.5, 0.6) is 6.01 Å². The number of ether oxygens (including phenoxy) is 1. The highest BCUT2D eigenvalue weighted by Gasteiger charge is 2.30. The number of carbonyl (C=O) groups is 1. The Morgan fingerprint density at radius 2 is 1.93 bits per heavy atom. The molecule has 1 aromatic carbocycles. The number of anilines is 2. The van der Waals surface area contributed by atoms with Crippen molar-refractivity contribution in [3.63, 3.8) is 0 Å². The number of likely N-dealkylation sites (N-methyl/N-ethyl adjacent to an activating group) is 1. The highest BCUT2D eigenvalue weighted by atomic mass is 16.5. The Bertz CT molecular complexity index is 1500. The summed E-state index contributed by atoms with van der Waals surface area (Å²) < 4.78 is 6.25. The van der Waals surface area contributed by atoms with E-state index in [0.717, 1.165) is 70.9 Å². The van der Waals surface area contributed by atoms with Gasteiger partial charge in [0.05, 0.1) is 29.0 Å². The molecule has 6 rings (SSSR count). The van der Waals surface area contributed by atoms with Crippen molar-refractivity contribution in [1.29, 1.82) is 0 Å². The number of fused-ring (bicyclic) bond motifs is 2. The number of piperazine rings is 1. The summed E-state index contributed by atoms with van der Waals surface area (Å²) in [7, 11) is 2.14. The van der Waals surface area contributed by atoms with Crippen LogP contribution in [0.4, 0.5) is 11.5 Å². The maximum Gasteiger partial charge on any atom is 0.323 e. The standard InChI is InChI=1S/C29H38N8O3/c1-5-24(38)35-11-13-36(14-12-35)27-21-8-10-37(26-19(3)18(2)15-22-25(26)32-28(39)30-22)16-23(21)31-29(33-27)40-17-20-7-6-9-34(20)4/h5,15,20H,1,6-14,16-17H2,2-4H3,(H2,30,32,39)/t20-/m0/s1. The van der Waals surface area contributed by atoms with Crippen LogP contribution < -0.4 is 20.2 Å². The molecule has 40 heavy (non-hydrogen) atoms. The largest absolute Gasteiger partial charge is 0.462 e. The number of amides is 1. The van der Waals surface area contributed by atoms with Crippen molar-refractivity contribution in [3.8, 4) is 6.01 Å². The van der Waals surface area contributed by atoms with Gasteiger partial charge in [0, 0.05) is 44.3 Å². The third-order valence-corrected chi connectivity index (χ3v) is 8.78. The molecule has 3 aliphatic heterocycles. The van der Waals surface area contributed by atoms with Crippen LogP contribution >= 0.6 is 0 Å². The van der Waals surface area contributed by atoms with Gasteiger partial charge in [0.1, 0.15) is 12.4 Å². The van der Waals surface area contributed by atoms with Crippen LogP contribution in [0.1, 0.15) is 35.2 Å². The SMILES string of the molecule is C=CC(=O)N1CCN(c2nc(OC[C@@H]3CCCN3C)nc3c2CCN(c2c(C)c(C)cc4[nH]c(=O)[nH]c24)C3)CC1. The molecule has 11 nitrogen and oxygen atoms in total. The molecule has 2 saturated heterocycles. The van der Waals surface area contributed by atoms with Gasteiger partial charge in [-0.05, 0) is 70.0 Å². The lowest BCUT2D eigenvalue weighted by atomic mass is 10.0. The van der Waals surface area contributed by atoms with Gasteiger partial charge in [-0.15, -0.1) is 0 Å². The Kier molecular flexibility index (Phi) is 6.99. The second-order valence-corrected chi connectivity index (χ2v) is 11.2. The number of nitrogens with one attached hydrogen (secondary N) is 2. The minimum Gasteiger partial charge on any atom is -0.462 e. The number of H-pyrrole nitrogens is 2. The quantitative estimate of drug-likeness (QED) is 0.452. The molecule has 2 aromatic heterocycles. The van der Waals surface area contributed by atoms with Gasteiger partial charge in [-0.25, -0.2) is 4.79 Å². The van der Waals surface area contributed by atoms with Crippen LogP contribution in [-0.4, -0.2) is 94.6 Å². The zero-order valence-electron chi connectivity index (χ0n) is 23.6. The molecule has 0 aliphatic carbocycles. The molecule has 3 aromatic rings. The van der Waals surface area contributed by atoms with E-state index in [-0.39, 0.29) is 11.6 Å². The fourth-order valence-corrected chi connectivity index (χ4v) is 6.32. The van der Waals surface area contributed by atoms with E-state index in [0.29, 0.717) is 51.4 Å². The van der Waals surface area contributed by atoms with Crippen molar-refractivity contribution in [3.05, 3.63) is 51.6 Å². The zero-order chi connectivity index (χ0) is 28.0. The molecular weight excluding hydrogens is 508 g/mol. The minimum atomic E-state index is -0.204. The van der Waals surface area contributed by atoms with Crippen LogP contribution in [0, 0.1) is 13.8 Å². The summed E-state index contributed by atoms with van der Waals surface area (Å²) in [5, 5.41) is 0. The summed E-state index contributed by atoms with van der Waals surface area (Å²) in [5.41, 5.74) is 6.82. The highest BCUT2D eigenvalue weighted by molar-refractivity contribution is 5.92. The Balaban J connectivity index is 1.33. The number of carbonyl (C=O) groups excluding carboxylic acids is 1. The summed E-state index contributed by atoms with van der Waals surface area (Å²) in [6, 6.07) is 2.79. The molecule has 11 heteroatoms. The lowest BCUT2D eigenvalue weighted by Gasteiger charge is -2.38. The van der Waals surface area contributed by atoms with Crippen LogP contribution in [0.2, 0.25) is 0 Å². The fourth-order valence-electron chi connectivity index (χ4n) is 6.32. The lowest BCUT2D eigenvalue weighted by molar-refractivity contribution is -0.126. The number of rotatable bonds is 6. The number of nitrogens with zero attached hydrogens (tertiary/aromatic N) is 6. The first kappa shape index (κ1) is 26.4. The smallest absolute Gasteiger partial charge is 0.323 e. The van der Waals surface area contributed by atoms with E-state index in [2.05, 4.69) is 52.1 Å². The summed E-state index contributed by atoms with van der Waals surface area (Å²) >= 11 is 0. The van der Waals surface area contributed by atoms with Gasteiger partial charge >= 0.3 is 11.7 Å². The van der Waals surface area contributed by atoms with E-state index in [4.69, 9.17) is 14.7 Å². The highest BCUT2D eigenvalue weighted by Crippen LogP contribution is 2.36. The van der Waals surface area contributed by atoms with Gasteiger partial charge in [0.15, 0.2) is 0 Å². The van der Waals surface area contributed by atoms with Gasteiger partial charge in [-0.3, -0.25) is 4.79 Å². The first-order chi connectivity index (χ1) is 19.3. The maximum absolute atomic E-state index is 12.2. The summed E-state index contributed by atoms with van der Waals surface area (Å²) in [6.07, 6.45) is 4.43. The third kappa shape index (κ3) is 4.83. The number of aryl methyl sites for hydroxylation is 1. The van der Waals surface area contributed by atoms with Crippen molar-refractivity contribution in [2.75, 3.05) is 62.7 Å². The van der Waals surface area contributed by atoms with E-state index in [9.17, 15) is 9.59 Å². The molecule has 2 N–H and O–H groups in total. The molecule has 2 fully saturated rings. The molecule has 5 heterocycles. The molecule has 212 valence electrons. The number of aromatic amines is 2. The predicted octanol–water partition coefficient (Wildman–Crippen LogP) is 2.13. The predicted molar refractivity (Wildman–Crippen MR) is 155 cm³/mol. The normalized spacial score (nSPS) is 19.8. The van der Waals surface area contributed by atoms with E-state index in [1.807, 2.05) is 11.0 Å². The van der Waals surface area contributed by atoms with Crippen LogP contribution in [0.3, 0.4) is 0 Å². The number of imidazole rings is 1. The lowest BCUT2D eigenvalue weighted by Crippen LogP contribution is -2.49. The number of aromatic nitrogens is 4. The molecule has 0 unspecified atom stereocenters. The molecule has 1 amide bonds. The molecule has 0 bridgehead atoms. The third-order valence-electron chi connectivity index (χ3n) is 8.78. The number of benzene rings is 1. The van der Waals surface area contributed by atoms with Crippen molar-refractivity contribution >= 4 is 28.4 Å². The van der Waals surface area contributed by atoms with Gasteiger partial charge in [-0.2, -0.15) is 9.97 Å². The Morgan fingerprint density at radius 1 is 1.12 bits per heavy atom. The Morgan fingerprint density at radius 3 is 2.65 bits per heavy atom. The molecule has 0 saturated carbocycles. The number of likely N-dealkylation sites (tertiary alicyclic amines) is 1. The minimum absolute atomic E-state index is 0.0349. The summed E-state index contributed by atoms with van der Waals surface area (Å²) in [6.45, 7) is 13.5. The molecule has 3 aliphatic rings. The monoisotopic (exact) mass is 546 g/mol. The van der Waals surface area contributed by atoms with Gasteiger partial charge < -0.3 is 34.3 Å². The fraction of sp³-hybridized carbons (Fsp3) is 0.517. The summed E-state index contributed by atoms with van der Waals surface area (Å²) in [5.74, 6) is 0.874. The molecule has 0 radical (unpaired) electrons. The Hall–Kier alpha value is -3.86. The van der Waals surface area contributed by atoms with Crippen molar-refractivity contribution < 1.29 is 9.53 Å². The average Bonchev–Trinajstić information content (AvgIpc) is 3.54. The topological polar surface area (TPSA) is 114 Å². The van der Waals surface area contributed by atoms with Gasteiger partial charge in [0.2, 0.25) is 5.91 Å². The van der Waals surface area contributed by atoms with Crippen LogP contribution in [0.25, 0.3) is 11.0 Å². The second-order valence-electron chi connectivity index (χ2n) is 11.2. The average molecular weight is 547 g/mol. The van der Waals surface area contributed by atoms with Gasteiger partial charge in [-0.1, -0.05) is 6.58 Å². The molecular formula is C29H38N8O3. The van der Waals surface area contributed by atoms with E-state index >= 15 is 0 Å². The summed E-state index contributed by atoms with van der Waals surface area (Å²) in [4.78, 5) is 48.9. The second kappa shape index (κ2) is 10.6. The van der Waals surface area contributed by atoms with E-state index < -0.39 is 0 Å². The van der Waals surface area contributed by atoms with E-state index in [1.54, 1.807) is 0 Å². The Labute approximate surface area is 233 Å². The van der Waals surface area contributed by atoms with Crippen LogP contribution in [-0.2, 0) is 17.8 Å². The van der Waals surface area contributed by atoms with Crippen LogP contribution in [0.15, 0.2) is 23.5 Å². The zero-order valence-corrected chi connectivity index (χ0v) is 23.6. The maximum atomic E-state index is 12.2. The molecule has 0 spiro atoms. The number of hydrogen-bond donors (Lipinski definition) is 2. The van der Waals surface area contributed by atoms with Gasteiger partial charge in [0.25, 0.3) is 0 Å². The van der Waals surface area contributed by atoms with Crippen molar-refractivity contribution in [2.45, 2.75) is 45.7 Å². The van der Waals surface area contributed by atoms with Crippen molar-refractivity contribution in [2.24, 2.45) is 0 Å². The molecule has 1 atom stereocenters. The van der Waals surface area contributed by atoms with E-state index in [1.165, 1.54) is 12.5 Å². The number of hydrogen-bond acceptors (Lipinski definition) is 8. The van der Waals surface area contributed by atoms with Crippen molar-refractivity contribution in [1.82, 2.24) is 29.7 Å².